The number of halogens is 1. The van der Waals surface area contributed by atoms with Gasteiger partial charge in [0.15, 0.2) is 0 Å². The third-order valence-electron chi connectivity index (χ3n) is 5.10. The van der Waals surface area contributed by atoms with Gasteiger partial charge in [-0.15, -0.1) is 0 Å². The van der Waals surface area contributed by atoms with Crippen LogP contribution in [-0.4, -0.2) is 46.7 Å². The van der Waals surface area contributed by atoms with Crippen molar-refractivity contribution in [3.8, 4) is 5.75 Å². The molecule has 2 N–H and O–H groups in total. The van der Waals surface area contributed by atoms with Gasteiger partial charge in [-0.3, -0.25) is 13.9 Å². The van der Waals surface area contributed by atoms with Crippen molar-refractivity contribution in [2.45, 2.75) is 6.42 Å². The van der Waals surface area contributed by atoms with Gasteiger partial charge in [-0.1, -0.05) is 54.1 Å². The average molecular weight is 516 g/mol. The van der Waals surface area contributed by atoms with Crippen LogP contribution in [0, 0.1) is 0 Å². The summed E-state index contributed by atoms with van der Waals surface area (Å²) < 4.78 is 30.8. The van der Waals surface area contributed by atoms with E-state index in [0.717, 1.165) is 16.1 Å². The number of ether oxygens (including phenoxy) is 1. The zero-order valence-electron chi connectivity index (χ0n) is 19.3. The van der Waals surface area contributed by atoms with Crippen molar-refractivity contribution in [1.29, 1.82) is 0 Å². The Kier molecular flexibility index (Phi) is 8.73. The minimum Gasteiger partial charge on any atom is -0.495 e. The average Bonchev–Trinajstić information content (AvgIpc) is 2.82. The molecule has 0 atom stereocenters. The molecule has 0 fully saturated rings. The molecule has 0 heterocycles. The number of carbonyl (C=O) groups is 2. The van der Waals surface area contributed by atoms with Gasteiger partial charge in [0.1, 0.15) is 12.3 Å². The number of nitrogens with zero attached hydrogens (tertiary/aromatic N) is 1. The number of hydrogen-bond donors (Lipinski definition) is 2. The van der Waals surface area contributed by atoms with Crippen LogP contribution in [0.3, 0.4) is 0 Å². The van der Waals surface area contributed by atoms with E-state index in [1.54, 1.807) is 24.3 Å². The van der Waals surface area contributed by atoms with E-state index in [2.05, 4.69) is 10.6 Å². The second kappa shape index (κ2) is 11.7. The minimum atomic E-state index is -3.81. The number of methoxy groups -OCH3 is 1. The second-order valence-electron chi connectivity index (χ2n) is 7.67. The third-order valence-corrected chi connectivity index (χ3v) is 6.53. The van der Waals surface area contributed by atoms with E-state index in [-0.39, 0.29) is 27.9 Å². The smallest absolute Gasteiger partial charge is 0.253 e. The highest BCUT2D eigenvalue weighted by molar-refractivity contribution is 7.92. The Hall–Kier alpha value is -3.56. The Morgan fingerprint density at radius 3 is 2.34 bits per heavy atom. The van der Waals surface area contributed by atoms with Gasteiger partial charge in [-0.05, 0) is 42.3 Å². The van der Waals surface area contributed by atoms with E-state index >= 15 is 0 Å². The van der Waals surface area contributed by atoms with Crippen LogP contribution in [-0.2, 0) is 21.2 Å². The highest BCUT2D eigenvalue weighted by atomic mass is 35.5. The van der Waals surface area contributed by atoms with Gasteiger partial charge in [0.05, 0.1) is 35.3 Å². The van der Waals surface area contributed by atoms with Crippen LogP contribution in [0.25, 0.3) is 0 Å². The van der Waals surface area contributed by atoms with Crippen molar-refractivity contribution in [3.63, 3.8) is 0 Å². The number of sulfonamides is 1. The van der Waals surface area contributed by atoms with Gasteiger partial charge in [-0.2, -0.15) is 0 Å². The summed E-state index contributed by atoms with van der Waals surface area (Å²) >= 11 is 6.13. The van der Waals surface area contributed by atoms with Crippen LogP contribution < -0.4 is 19.7 Å². The number of carbonyl (C=O) groups excluding carboxylic acids is 2. The van der Waals surface area contributed by atoms with Crippen molar-refractivity contribution in [2.75, 3.05) is 36.1 Å². The number of benzene rings is 3. The molecule has 0 radical (unpaired) electrons. The molecule has 0 aliphatic carbocycles. The molecular formula is C25H26ClN3O5S. The van der Waals surface area contributed by atoms with Crippen molar-refractivity contribution >= 4 is 44.8 Å². The Balaban J connectivity index is 1.70. The lowest BCUT2D eigenvalue weighted by atomic mass is 10.1. The van der Waals surface area contributed by atoms with Crippen molar-refractivity contribution in [3.05, 3.63) is 88.9 Å². The molecule has 10 heteroatoms. The van der Waals surface area contributed by atoms with Crippen LogP contribution in [0.1, 0.15) is 15.9 Å². The Labute approximate surface area is 209 Å². The Morgan fingerprint density at radius 1 is 1.00 bits per heavy atom. The summed E-state index contributed by atoms with van der Waals surface area (Å²) in [7, 11) is -2.37. The number of para-hydroxylation sites is 1. The van der Waals surface area contributed by atoms with Gasteiger partial charge < -0.3 is 15.4 Å². The molecule has 2 amide bonds. The van der Waals surface area contributed by atoms with Crippen molar-refractivity contribution in [2.24, 2.45) is 0 Å². The van der Waals surface area contributed by atoms with Gasteiger partial charge >= 0.3 is 0 Å². The standard InChI is InChI=1S/C25H26ClN3O5S/c1-34-23-13-12-19(16-21(23)26)29(35(2,32)33)17-24(30)28-22-11-7-6-10-20(22)25(31)27-15-14-18-8-4-3-5-9-18/h3-13,16H,14-15,17H2,1-2H3,(H,27,31)(H,28,30). The monoisotopic (exact) mass is 515 g/mol. The maximum absolute atomic E-state index is 12.8. The highest BCUT2D eigenvalue weighted by Gasteiger charge is 2.23. The number of nitrogens with one attached hydrogen (secondary N) is 2. The summed E-state index contributed by atoms with van der Waals surface area (Å²) in [6.07, 6.45) is 1.65. The molecule has 0 aliphatic heterocycles. The Bertz CT molecular complexity index is 1300. The Morgan fingerprint density at radius 2 is 1.69 bits per heavy atom. The van der Waals surface area contributed by atoms with Crippen LogP contribution in [0.2, 0.25) is 5.02 Å². The maximum atomic E-state index is 12.8. The summed E-state index contributed by atoms with van der Waals surface area (Å²) in [6.45, 7) is -0.0866. The molecule has 3 rings (SSSR count). The summed E-state index contributed by atoms with van der Waals surface area (Å²) in [5.41, 5.74) is 1.84. The minimum absolute atomic E-state index is 0.205. The number of anilines is 2. The van der Waals surface area contributed by atoms with Crippen molar-refractivity contribution < 1.29 is 22.7 Å². The topological polar surface area (TPSA) is 105 Å². The summed E-state index contributed by atoms with van der Waals surface area (Å²) in [4.78, 5) is 25.6. The number of amides is 2. The lowest BCUT2D eigenvalue weighted by molar-refractivity contribution is -0.114. The second-order valence-corrected chi connectivity index (χ2v) is 9.99. The van der Waals surface area contributed by atoms with Crippen LogP contribution in [0.5, 0.6) is 5.75 Å². The van der Waals surface area contributed by atoms with E-state index in [9.17, 15) is 18.0 Å². The van der Waals surface area contributed by atoms with Gasteiger partial charge in [0.25, 0.3) is 5.91 Å². The first-order valence-corrected chi connectivity index (χ1v) is 12.9. The summed E-state index contributed by atoms with van der Waals surface area (Å²) in [6, 6.07) is 20.7. The molecule has 0 aromatic heterocycles. The zero-order valence-corrected chi connectivity index (χ0v) is 20.9. The fraction of sp³-hybridized carbons (Fsp3) is 0.200. The molecule has 0 aliphatic rings. The lowest BCUT2D eigenvalue weighted by Crippen LogP contribution is -2.37. The van der Waals surface area contributed by atoms with Crippen LogP contribution in [0.4, 0.5) is 11.4 Å². The van der Waals surface area contributed by atoms with Gasteiger partial charge in [0, 0.05) is 6.54 Å². The number of rotatable bonds is 10. The molecule has 0 saturated carbocycles. The first-order valence-electron chi connectivity index (χ1n) is 10.7. The molecule has 184 valence electrons. The molecule has 0 unspecified atom stereocenters. The zero-order chi connectivity index (χ0) is 25.4. The number of hydrogen-bond acceptors (Lipinski definition) is 5. The molecule has 35 heavy (non-hydrogen) atoms. The maximum Gasteiger partial charge on any atom is 0.253 e. The van der Waals surface area contributed by atoms with Crippen LogP contribution in [0.15, 0.2) is 72.8 Å². The normalized spacial score (nSPS) is 10.9. The largest absolute Gasteiger partial charge is 0.495 e. The summed E-state index contributed by atoms with van der Waals surface area (Å²) in [5.74, 6) is -0.592. The molecular weight excluding hydrogens is 490 g/mol. The van der Waals surface area contributed by atoms with E-state index < -0.39 is 22.5 Å². The predicted molar refractivity (Wildman–Crippen MR) is 138 cm³/mol. The fourth-order valence-electron chi connectivity index (χ4n) is 3.38. The van der Waals surface area contributed by atoms with E-state index in [1.807, 2.05) is 30.3 Å². The fourth-order valence-corrected chi connectivity index (χ4v) is 4.48. The van der Waals surface area contributed by atoms with Crippen LogP contribution >= 0.6 is 11.6 Å². The third kappa shape index (κ3) is 7.21. The predicted octanol–water partition coefficient (Wildman–Crippen LogP) is 3.73. The van der Waals surface area contributed by atoms with E-state index in [1.165, 1.54) is 25.3 Å². The SMILES string of the molecule is COc1ccc(N(CC(=O)Nc2ccccc2C(=O)NCCc2ccccc2)S(C)(=O)=O)cc1Cl. The first-order chi connectivity index (χ1) is 16.7. The van der Waals surface area contributed by atoms with Crippen molar-refractivity contribution in [1.82, 2.24) is 5.32 Å². The molecule has 0 spiro atoms. The van der Waals surface area contributed by atoms with Gasteiger partial charge in [0.2, 0.25) is 15.9 Å². The first kappa shape index (κ1) is 26.1. The molecule has 8 nitrogen and oxygen atoms in total. The quantitative estimate of drug-likeness (QED) is 0.428. The summed E-state index contributed by atoms with van der Waals surface area (Å²) in [5, 5.41) is 5.70. The molecule has 0 bridgehead atoms. The molecule has 0 saturated heterocycles. The molecule has 3 aromatic carbocycles. The lowest BCUT2D eigenvalue weighted by Gasteiger charge is -2.22. The highest BCUT2D eigenvalue weighted by Crippen LogP contribution is 2.30. The van der Waals surface area contributed by atoms with E-state index in [4.69, 9.17) is 16.3 Å². The van der Waals surface area contributed by atoms with E-state index in [0.29, 0.717) is 18.7 Å². The molecule has 3 aromatic rings. The van der Waals surface area contributed by atoms with Gasteiger partial charge in [-0.25, -0.2) is 8.42 Å².